The number of ether oxygens (including phenoxy) is 1. The zero-order valence-electron chi connectivity index (χ0n) is 17.0. The Morgan fingerprint density at radius 1 is 1.00 bits per heavy atom. The van der Waals surface area contributed by atoms with Gasteiger partial charge in [-0.3, -0.25) is 9.52 Å². The van der Waals surface area contributed by atoms with E-state index in [9.17, 15) is 18.0 Å². The summed E-state index contributed by atoms with van der Waals surface area (Å²) >= 11 is 1.11. The number of anilines is 2. The standard InChI is InChI=1S/C22H22N2O5S2/c1-3-16-6-10-18(11-7-16)23-21(25)15(2)29-22(26)17-8-12-19(13-9-17)24-31(27,28)20-5-4-14-30-20/h4-15,24H,3H2,1-2H3,(H,23,25)/t15-/m0/s1. The maximum Gasteiger partial charge on any atom is 0.338 e. The van der Waals surface area contributed by atoms with Crippen LogP contribution in [-0.4, -0.2) is 26.4 Å². The Morgan fingerprint density at radius 3 is 2.23 bits per heavy atom. The van der Waals surface area contributed by atoms with E-state index in [2.05, 4.69) is 10.0 Å². The van der Waals surface area contributed by atoms with Gasteiger partial charge in [0.15, 0.2) is 6.10 Å². The van der Waals surface area contributed by atoms with Crippen molar-refractivity contribution in [3.63, 3.8) is 0 Å². The number of rotatable bonds is 8. The Kier molecular flexibility index (Phi) is 7.09. The maximum absolute atomic E-state index is 12.3. The average Bonchev–Trinajstić information content (AvgIpc) is 3.30. The molecular weight excluding hydrogens is 436 g/mol. The second-order valence-corrected chi connectivity index (χ2v) is 9.56. The molecule has 31 heavy (non-hydrogen) atoms. The molecule has 7 nitrogen and oxygen atoms in total. The fourth-order valence-corrected chi connectivity index (χ4v) is 4.70. The number of carbonyl (C=O) groups excluding carboxylic acids is 2. The fraction of sp³-hybridized carbons (Fsp3) is 0.182. The maximum atomic E-state index is 12.3. The first kappa shape index (κ1) is 22.5. The van der Waals surface area contributed by atoms with Crippen molar-refractivity contribution in [1.82, 2.24) is 0 Å². The molecule has 2 aromatic carbocycles. The molecule has 3 aromatic rings. The van der Waals surface area contributed by atoms with E-state index in [1.807, 2.05) is 19.1 Å². The van der Waals surface area contributed by atoms with Crippen LogP contribution in [-0.2, 0) is 26.0 Å². The smallest absolute Gasteiger partial charge is 0.338 e. The highest BCUT2D eigenvalue weighted by molar-refractivity contribution is 7.94. The summed E-state index contributed by atoms with van der Waals surface area (Å²) in [5.74, 6) is -1.13. The van der Waals surface area contributed by atoms with Gasteiger partial charge in [0.25, 0.3) is 15.9 Å². The molecule has 1 heterocycles. The molecular formula is C22H22N2O5S2. The van der Waals surface area contributed by atoms with Crippen LogP contribution in [0.25, 0.3) is 0 Å². The Morgan fingerprint density at radius 2 is 1.65 bits per heavy atom. The first-order chi connectivity index (χ1) is 14.8. The van der Waals surface area contributed by atoms with Crippen molar-refractivity contribution in [2.75, 3.05) is 10.0 Å². The number of hydrogen-bond acceptors (Lipinski definition) is 6. The molecule has 0 bridgehead atoms. The first-order valence-electron chi connectivity index (χ1n) is 9.55. The number of hydrogen-bond donors (Lipinski definition) is 2. The van der Waals surface area contributed by atoms with Gasteiger partial charge in [-0.1, -0.05) is 25.1 Å². The summed E-state index contributed by atoms with van der Waals surface area (Å²) in [5, 5.41) is 4.38. The van der Waals surface area contributed by atoms with Crippen LogP contribution in [0.4, 0.5) is 11.4 Å². The second-order valence-electron chi connectivity index (χ2n) is 6.70. The van der Waals surface area contributed by atoms with Crippen molar-refractivity contribution in [3.8, 4) is 0 Å². The minimum atomic E-state index is -3.67. The highest BCUT2D eigenvalue weighted by Crippen LogP contribution is 2.21. The Bertz CT molecular complexity index is 1140. The van der Waals surface area contributed by atoms with Crippen molar-refractivity contribution >= 4 is 44.6 Å². The predicted molar refractivity (Wildman–Crippen MR) is 121 cm³/mol. The third-order valence-corrected chi connectivity index (χ3v) is 7.19. The quantitative estimate of drug-likeness (QED) is 0.490. The SMILES string of the molecule is CCc1ccc(NC(=O)[C@H](C)OC(=O)c2ccc(NS(=O)(=O)c3cccs3)cc2)cc1. The first-order valence-corrected chi connectivity index (χ1v) is 11.9. The molecule has 0 unspecified atom stereocenters. The number of carbonyl (C=O) groups is 2. The monoisotopic (exact) mass is 458 g/mol. The minimum Gasteiger partial charge on any atom is -0.449 e. The molecule has 9 heteroatoms. The zero-order valence-corrected chi connectivity index (χ0v) is 18.6. The van der Waals surface area contributed by atoms with E-state index in [1.165, 1.54) is 37.3 Å². The van der Waals surface area contributed by atoms with Gasteiger partial charge in [-0.2, -0.15) is 0 Å². The van der Waals surface area contributed by atoms with Gasteiger partial charge in [-0.25, -0.2) is 13.2 Å². The molecule has 0 radical (unpaired) electrons. The molecule has 1 aromatic heterocycles. The largest absolute Gasteiger partial charge is 0.449 e. The Hall–Kier alpha value is -3.17. The molecule has 0 fully saturated rings. The van der Waals surface area contributed by atoms with Crippen LogP contribution in [0.1, 0.15) is 29.8 Å². The lowest BCUT2D eigenvalue weighted by Crippen LogP contribution is -2.30. The minimum absolute atomic E-state index is 0.195. The van der Waals surface area contributed by atoms with E-state index >= 15 is 0 Å². The Labute approximate surface area is 185 Å². The molecule has 0 aliphatic rings. The van der Waals surface area contributed by atoms with Gasteiger partial charge in [0, 0.05) is 11.4 Å². The van der Waals surface area contributed by atoms with Gasteiger partial charge in [-0.05, 0) is 66.8 Å². The van der Waals surface area contributed by atoms with E-state index < -0.39 is 28.0 Å². The molecule has 0 saturated carbocycles. The number of aryl methyl sites for hydroxylation is 1. The normalized spacial score (nSPS) is 12.1. The molecule has 0 saturated heterocycles. The zero-order chi connectivity index (χ0) is 22.4. The lowest BCUT2D eigenvalue weighted by molar-refractivity contribution is -0.123. The fourth-order valence-electron chi connectivity index (χ4n) is 2.65. The van der Waals surface area contributed by atoms with Gasteiger partial charge in [0.05, 0.1) is 5.56 Å². The topological polar surface area (TPSA) is 102 Å². The number of amides is 1. The van der Waals surface area contributed by atoms with Crippen LogP contribution < -0.4 is 10.0 Å². The number of thiophene rings is 1. The van der Waals surface area contributed by atoms with E-state index in [1.54, 1.807) is 23.6 Å². The highest BCUT2D eigenvalue weighted by Gasteiger charge is 2.20. The van der Waals surface area contributed by atoms with Gasteiger partial charge in [-0.15, -0.1) is 11.3 Å². The summed E-state index contributed by atoms with van der Waals surface area (Å²) in [4.78, 5) is 24.6. The van der Waals surface area contributed by atoms with Crippen LogP contribution in [0.3, 0.4) is 0 Å². The molecule has 2 N–H and O–H groups in total. The van der Waals surface area contributed by atoms with Gasteiger partial charge in [0.1, 0.15) is 4.21 Å². The van der Waals surface area contributed by atoms with Gasteiger partial charge < -0.3 is 10.1 Å². The number of benzene rings is 2. The van der Waals surface area contributed by atoms with Crippen LogP contribution in [0.5, 0.6) is 0 Å². The summed E-state index contributed by atoms with van der Waals surface area (Å²) in [6.45, 7) is 3.53. The van der Waals surface area contributed by atoms with Crippen molar-refractivity contribution in [2.45, 2.75) is 30.6 Å². The second kappa shape index (κ2) is 9.76. The number of esters is 1. The van der Waals surface area contributed by atoms with Crippen molar-refractivity contribution in [1.29, 1.82) is 0 Å². The summed E-state index contributed by atoms with van der Waals surface area (Å²) in [5.41, 5.74) is 2.28. The van der Waals surface area contributed by atoms with Crippen LogP contribution in [0, 0.1) is 0 Å². The van der Waals surface area contributed by atoms with Crippen molar-refractivity contribution < 1.29 is 22.7 Å². The number of nitrogens with one attached hydrogen (secondary N) is 2. The van der Waals surface area contributed by atoms with E-state index in [0.29, 0.717) is 11.4 Å². The molecule has 0 spiro atoms. The van der Waals surface area contributed by atoms with Crippen LogP contribution in [0.2, 0.25) is 0 Å². The summed E-state index contributed by atoms with van der Waals surface area (Å²) < 4.78 is 32.4. The molecule has 0 aliphatic heterocycles. The molecule has 162 valence electrons. The molecule has 3 rings (SSSR count). The molecule has 1 atom stereocenters. The summed E-state index contributed by atoms with van der Waals surface area (Å²) in [6.07, 6.45) is -0.105. The van der Waals surface area contributed by atoms with Crippen LogP contribution in [0.15, 0.2) is 70.3 Å². The van der Waals surface area contributed by atoms with Gasteiger partial charge >= 0.3 is 5.97 Å². The van der Waals surface area contributed by atoms with Crippen molar-refractivity contribution in [2.24, 2.45) is 0 Å². The third-order valence-electron chi connectivity index (χ3n) is 4.42. The molecule has 1 amide bonds. The van der Waals surface area contributed by atoms with E-state index in [4.69, 9.17) is 4.74 Å². The van der Waals surface area contributed by atoms with Crippen LogP contribution >= 0.6 is 11.3 Å². The predicted octanol–water partition coefficient (Wildman–Crippen LogP) is 4.30. The lowest BCUT2D eigenvalue weighted by Gasteiger charge is -2.14. The van der Waals surface area contributed by atoms with Gasteiger partial charge in [0.2, 0.25) is 0 Å². The van der Waals surface area contributed by atoms with E-state index in [-0.39, 0.29) is 9.77 Å². The third kappa shape index (κ3) is 5.93. The number of sulfonamides is 1. The Balaban J connectivity index is 1.57. The average molecular weight is 459 g/mol. The summed E-state index contributed by atoms with van der Waals surface area (Å²) in [6, 6.07) is 16.4. The highest BCUT2D eigenvalue weighted by atomic mass is 32.2. The van der Waals surface area contributed by atoms with Crippen molar-refractivity contribution in [3.05, 3.63) is 77.2 Å². The van der Waals surface area contributed by atoms with E-state index in [0.717, 1.165) is 23.3 Å². The molecule has 0 aliphatic carbocycles. The lowest BCUT2D eigenvalue weighted by atomic mass is 10.1. The summed E-state index contributed by atoms with van der Waals surface area (Å²) in [7, 11) is -3.67.